The van der Waals surface area contributed by atoms with E-state index in [0.717, 1.165) is 32.2 Å². The minimum atomic E-state index is 0.0628. The average molecular weight is 201 g/mol. The van der Waals surface area contributed by atoms with E-state index in [2.05, 4.69) is 5.32 Å². The highest BCUT2D eigenvalue weighted by atomic mass is 16.5. The first kappa shape index (κ1) is 11.5. The van der Waals surface area contributed by atoms with Crippen LogP contribution in [0.1, 0.15) is 25.7 Å². The lowest BCUT2D eigenvalue weighted by Crippen LogP contribution is -2.31. The third-order valence-electron chi connectivity index (χ3n) is 2.43. The normalized spacial score (nSPS) is 21.1. The number of amides is 1. The van der Waals surface area contributed by atoms with Crippen molar-refractivity contribution in [3.8, 4) is 0 Å². The molecule has 1 aliphatic rings. The van der Waals surface area contributed by atoms with Gasteiger partial charge in [-0.3, -0.25) is 4.79 Å². The van der Waals surface area contributed by atoms with Crippen molar-refractivity contribution in [2.24, 2.45) is 5.92 Å². The van der Waals surface area contributed by atoms with E-state index in [9.17, 15) is 4.79 Å². The second-order valence-electron chi connectivity index (χ2n) is 3.64. The first-order valence-electron chi connectivity index (χ1n) is 5.31. The van der Waals surface area contributed by atoms with Gasteiger partial charge in [0.15, 0.2) is 0 Å². The Morgan fingerprint density at radius 2 is 2.29 bits per heavy atom. The maximum atomic E-state index is 11.4. The number of carbonyl (C=O) groups is 1. The molecule has 1 saturated heterocycles. The molecule has 1 atom stereocenters. The fraction of sp³-hybridized carbons (Fsp3) is 0.900. The molecule has 4 heteroatoms. The molecule has 0 aliphatic carbocycles. The van der Waals surface area contributed by atoms with Crippen molar-refractivity contribution in [3.05, 3.63) is 0 Å². The van der Waals surface area contributed by atoms with Crippen LogP contribution in [0.3, 0.4) is 0 Å². The lowest BCUT2D eigenvalue weighted by molar-refractivity contribution is -0.124. The van der Waals surface area contributed by atoms with Crippen LogP contribution in [0.2, 0.25) is 0 Å². The van der Waals surface area contributed by atoms with Gasteiger partial charge in [0.1, 0.15) is 0 Å². The highest BCUT2D eigenvalue weighted by molar-refractivity contribution is 5.78. The van der Waals surface area contributed by atoms with Gasteiger partial charge in [0, 0.05) is 19.8 Å². The van der Waals surface area contributed by atoms with Gasteiger partial charge in [-0.25, -0.2) is 0 Å². The zero-order valence-electron chi connectivity index (χ0n) is 8.50. The number of unbranched alkanes of at least 4 members (excludes halogenated alkanes) is 2. The fourth-order valence-electron chi connectivity index (χ4n) is 1.51. The lowest BCUT2D eigenvalue weighted by atomic mass is 10.1. The van der Waals surface area contributed by atoms with Crippen molar-refractivity contribution in [2.75, 3.05) is 26.4 Å². The molecule has 0 bridgehead atoms. The summed E-state index contributed by atoms with van der Waals surface area (Å²) in [4.78, 5) is 11.4. The van der Waals surface area contributed by atoms with E-state index in [0.29, 0.717) is 13.2 Å². The molecule has 82 valence electrons. The van der Waals surface area contributed by atoms with Crippen LogP contribution < -0.4 is 5.32 Å². The summed E-state index contributed by atoms with van der Waals surface area (Å²) in [5.41, 5.74) is 0. The second kappa shape index (κ2) is 6.79. The number of hydrogen-bond donors (Lipinski definition) is 2. The first-order valence-corrected chi connectivity index (χ1v) is 5.31. The van der Waals surface area contributed by atoms with E-state index in [4.69, 9.17) is 9.84 Å². The predicted molar refractivity (Wildman–Crippen MR) is 52.9 cm³/mol. The van der Waals surface area contributed by atoms with Crippen molar-refractivity contribution >= 4 is 5.91 Å². The Balaban J connectivity index is 1.97. The molecule has 0 aromatic rings. The van der Waals surface area contributed by atoms with E-state index in [1.807, 2.05) is 0 Å². The molecule has 2 N–H and O–H groups in total. The molecule has 0 saturated carbocycles. The third-order valence-corrected chi connectivity index (χ3v) is 2.43. The smallest absolute Gasteiger partial charge is 0.225 e. The van der Waals surface area contributed by atoms with E-state index < -0.39 is 0 Å². The molecule has 0 radical (unpaired) electrons. The maximum absolute atomic E-state index is 11.4. The summed E-state index contributed by atoms with van der Waals surface area (Å²) < 4.78 is 5.13. The molecule has 4 nitrogen and oxygen atoms in total. The largest absolute Gasteiger partial charge is 0.396 e. The number of nitrogens with one attached hydrogen (secondary N) is 1. The van der Waals surface area contributed by atoms with E-state index in [1.165, 1.54) is 0 Å². The third kappa shape index (κ3) is 4.07. The van der Waals surface area contributed by atoms with Crippen molar-refractivity contribution in [1.29, 1.82) is 0 Å². The standard InChI is InChI=1S/C10H19NO3/c12-6-3-1-2-5-11-10(13)9-4-7-14-8-9/h9,12H,1-8H2,(H,11,13). The SMILES string of the molecule is O=C(NCCCCCO)C1CCOC1. The molecular formula is C10H19NO3. The zero-order valence-corrected chi connectivity index (χ0v) is 8.50. The van der Waals surface area contributed by atoms with Crippen LogP contribution in [0.25, 0.3) is 0 Å². The van der Waals surface area contributed by atoms with Crippen LogP contribution in [0, 0.1) is 5.92 Å². The van der Waals surface area contributed by atoms with Gasteiger partial charge in [-0.15, -0.1) is 0 Å². The molecule has 0 aromatic carbocycles. The van der Waals surface area contributed by atoms with Gasteiger partial charge < -0.3 is 15.2 Å². The predicted octanol–water partition coefficient (Wildman–Crippen LogP) is 0.302. The second-order valence-corrected chi connectivity index (χ2v) is 3.64. The van der Waals surface area contributed by atoms with Gasteiger partial charge >= 0.3 is 0 Å². The number of rotatable bonds is 6. The van der Waals surface area contributed by atoms with Gasteiger partial charge in [-0.1, -0.05) is 0 Å². The van der Waals surface area contributed by atoms with Crippen LogP contribution in [0.15, 0.2) is 0 Å². The Morgan fingerprint density at radius 1 is 1.43 bits per heavy atom. The molecule has 1 fully saturated rings. The number of hydrogen-bond acceptors (Lipinski definition) is 3. The number of ether oxygens (including phenoxy) is 1. The maximum Gasteiger partial charge on any atom is 0.225 e. The Bertz CT molecular complexity index is 167. The Morgan fingerprint density at radius 3 is 2.93 bits per heavy atom. The van der Waals surface area contributed by atoms with Crippen LogP contribution in [0.5, 0.6) is 0 Å². The van der Waals surface area contributed by atoms with E-state index >= 15 is 0 Å². The molecule has 0 spiro atoms. The highest BCUT2D eigenvalue weighted by Crippen LogP contribution is 2.11. The Kier molecular flexibility index (Phi) is 5.56. The van der Waals surface area contributed by atoms with Gasteiger partial charge in [0.05, 0.1) is 12.5 Å². The summed E-state index contributed by atoms with van der Waals surface area (Å²) in [6.45, 7) is 2.24. The molecule has 1 unspecified atom stereocenters. The summed E-state index contributed by atoms with van der Waals surface area (Å²) in [6.07, 6.45) is 3.59. The van der Waals surface area contributed by atoms with E-state index in [-0.39, 0.29) is 18.4 Å². The number of aliphatic hydroxyl groups excluding tert-OH is 1. The minimum Gasteiger partial charge on any atom is -0.396 e. The van der Waals surface area contributed by atoms with Crippen molar-refractivity contribution < 1.29 is 14.6 Å². The average Bonchev–Trinajstić information content (AvgIpc) is 2.70. The summed E-state index contributed by atoms with van der Waals surface area (Å²) in [5, 5.41) is 11.4. The Hall–Kier alpha value is -0.610. The molecular weight excluding hydrogens is 182 g/mol. The van der Waals surface area contributed by atoms with Crippen molar-refractivity contribution in [2.45, 2.75) is 25.7 Å². The molecule has 1 heterocycles. The number of carbonyl (C=O) groups excluding carboxylic acids is 1. The van der Waals surface area contributed by atoms with Gasteiger partial charge in [-0.05, 0) is 25.7 Å². The molecule has 14 heavy (non-hydrogen) atoms. The van der Waals surface area contributed by atoms with Gasteiger partial charge in [-0.2, -0.15) is 0 Å². The summed E-state index contributed by atoms with van der Waals surface area (Å²) in [7, 11) is 0. The molecule has 0 aromatic heterocycles. The monoisotopic (exact) mass is 201 g/mol. The minimum absolute atomic E-state index is 0.0628. The summed E-state index contributed by atoms with van der Waals surface area (Å²) >= 11 is 0. The van der Waals surface area contributed by atoms with Crippen LogP contribution in [0.4, 0.5) is 0 Å². The highest BCUT2D eigenvalue weighted by Gasteiger charge is 2.22. The summed E-state index contributed by atoms with van der Waals surface area (Å²) in [6, 6.07) is 0. The van der Waals surface area contributed by atoms with Crippen LogP contribution >= 0.6 is 0 Å². The van der Waals surface area contributed by atoms with Crippen LogP contribution in [-0.2, 0) is 9.53 Å². The first-order chi connectivity index (χ1) is 6.84. The van der Waals surface area contributed by atoms with Gasteiger partial charge in [0.25, 0.3) is 0 Å². The lowest BCUT2D eigenvalue weighted by Gasteiger charge is -2.08. The Labute approximate surface area is 84.6 Å². The van der Waals surface area contributed by atoms with Crippen LogP contribution in [-0.4, -0.2) is 37.4 Å². The van der Waals surface area contributed by atoms with Crippen molar-refractivity contribution in [3.63, 3.8) is 0 Å². The molecule has 1 aliphatic heterocycles. The van der Waals surface area contributed by atoms with Gasteiger partial charge in [0.2, 0.25) is 5.91 Å². The number of aliphatic hydroxyl groups is 1. The fourth-order valence-corrected chi connectivity index (χ4v) is 1.51. The topological polar surface area (TPSA) is 58.6 Å². The van der Waals surface area contributed by atoms with Crippen molar-refractivity contribution in [1.82, 2.24) is 5.32 Å². The molecule has 1 amide bonds. The zero-order chi connectivity index (χ0) is 10.2. The summed E-state index contributed by atoms with van der Waals surface area (Å²) in [5.74, 6) is 0.180. The van der Waals surface area contributed by atoms with E-state index in [1.54, 1.807) is 0 Å². The quantitative estimate of drug-likeness (QED) is 0.608. The molecule has 1 rings (SSSR count).